The highest BCUT2D eigenvalue weighted by Crippen LogP contribution is 2.25. The minimum atomic E-state index is -0.228. The average Bonchev–Trinajstić information content (AvgIpc) is 2.48. The van der Waals surface area contributed by atoms with Crippen LogP contribution in [0.5, 0.6) is 0 Å². The molecule has 5 heteroatoms. The fourth-order valence-electron chi connectivity index (χ4n) is 1.82. The number of hydrogen-bond donors (Lipinski definition) is 1. The van der Waals surface area contributed by atoms with Crippen LogP contribution in [0.2, 0.25) is 0 Å². The number of hydrogen-bond acceptors (Lipinski definition) is 3. The number of nitrogens with one attached hydrogen (secondary N) is 1. The van der Waals surface area contributed by atoms with Gasteiger partial charge < -0.3 is 5.32 Å². The fourth-order valence-corrected chi connectivity index (χ4v) is 1.89. The maximum Gasteiger partial charge on any atom is 0.239 e. The van der Waals surface area contributed by atoms with Crippen molar-refractivity contribution in [2.45, 2.75) is 13.8 Å². The molecule has 2 aromatic carbocycles. The summed E-state index contributed by atoms with van der Waals surface area (Å²) < 4.78 is 0. The summed E-state index contributed by atoms with van der Waals surface area (Å²) in [6, 6.07) is 13.3. The van der Waals surface area contributed by atoms with E-state index in [0.29, 0.717) is 0 Å². The van der Waals surface area contributed by atoms with Gasteiger partial charge in [-0.1, -0.05) is 18.2 Å². The second-order valence-electron chi connectivity index (χ2n) is 4.67. The summed E-state index contributed by atoms with van der Waals surface area (Å²) in [6.45, 7) is 3.89. The maximum absolute atomic E-state index is 11.3. The van der Waals surface area contributed by atoms with E-state index in [9.17, 15) is 4.79 Å². The molecule has 0 saturated heterocycles. The minimum Gasteiger partial charge on any atom is -0.325 e. The molecular weight excluding hydrogens is 286 g/mol. The van der Waals surface area contributed by atoms with Gasteiger partial charge in [0.1, 0.15) is 5.88 Å². The van der Waals surface area contributed by atoms with Crippen molar-refractivity contribution >= 4 is 34.6 Å². The van der Waals surface area contributed by atoms with E-state index in [1.807, 2.05) is 44.2 Å². The Hall–Kier alpha value is -2.20. The summed E-state index contributed by atoms with van der Waals surface area (Å²) in [6.07, 6.45) is 0. The monoisotopic (exact) mass is 301 g/mol. The number of carbonyl (C=O) groups is 1. The zero-order chi connectivity index (χ0) is 15.2. The number of benzene rings is 2. The van der Waals surface area contributed by atoms with E-state index in [4.69, 9.17) is 11.6 Å². The van der Waals surface area contributed by atoms with Gasteiger partial charge in [-0.15, -0.1) is 11.6 Å². The molecule has 0 aromatic heterocycles. The molecule has 2 rings (SSSR count). The zero-order valence-corrected chi connectivity index (χ0v) is 12.7. The SMILES string of the molecule is Cc1ccccc1N=Nc1ccc(NC(=O)CCl)c(C)c1. The second-order valence-corrected chi connectivity index (χ2v) is 4.93. The number of azo groups is 1. The molecule has 0 unspecified atom stereocenters. The van der Waals surface area contributed by atoms with Crippen molar-refractivity contribution in [3.63, 3.8) is 0 Å². The van der Waals surface area contributed by atoms with Crippen LogP contribution in [0, 0.1) is 13.8 Å². The first-order valence-corrected chi connectivity index (χ1v) is 7.07. The van der Waals surface area contributed by atoms with Crippen molar-refractivity contribution in [2.24, 2.45) is 10.2 Å². The van der Waals surface area contributed by atoms with Crippen molar-refractivity contribution < 1.29 is 4.79 Å². The smallest absolute Gasteiger partial charge is 0.239 e. The number of carbonyl (C=O) groups excluding carboxylic acids is 1. The third-order valence-electron chi connectivity index (χ3n) is 2.99. The van der Waals surface area contributed by atoms with Gasteiger partial charge in [0.2, 0.25) is 5.91 Å². The number of alkyl halides is 1. The molecule has 1 N–H and O–H groups in total. The van der Waals surface area contributed by atoms with E-state index in [1.165, 1.54) is 0 Å². The number of aryl methyl sites for hydroxylation is 2. The Morgan fingerprint density at radius 3 is 2.52 bits per heavy atom. The van der Waals surface area contributed by atoms with Crippen LogP contribution in [0.4, 0.5) is 17.1 Å². The first-order valence-electron chi connectivity index (χ1n) is 6.54. The first-order chi connectivity index (χ1) is 10.1. The van der Waals surface area contributed by atoms with E-state index in [-0.39, 0.29) is 11.8 Å². The van der Waals surface area contributed by atoms with Crippen molar-refractivity contribution in [3.05, 3.63) is 53.6 Å². The molecular formula is C16H16ClN3O. The Morgan fingerprint density at radius 2 is 1.86 bits per heavy atom. The molecule has 108 valence electrons. The summed E-state index contributed by atoms with van der Waals surface area (Å²) in [5, 5.41) is 11.2. The van der Waals surface area contributed by atoms with Gasteiger partial charge in [0.15, 0.2) is 0 Å². The molecule has 0 heterocycles. The van der Waals surface area contributed by atoms with E-state index in [2.05, 4.69) is 15.5 Å². The summed E-state index contributed by atoms with van der Waals surface area (Å²) in [4.78, 5) is 11.3. The second kappa shape index (κ2) is 6.99. The lowest BCUT2D eigenvalue weighted by Gasteiger charge is -2.07. The Balaban J connectivity index is 2.17. The summed E-state index contributed by atoms with van der Waals surface area (Å²) in [5.74, 6) is -0.289. The third kappa shape index (κ3) is 4.13. The average molecular weight is 302 g/mol. The largest absolute Gasteiger partial charge is 0.325 e. The molecule has 2 aromatic rings. The van der Waals surface area contributed by atoms with Crippen molar-refractivity contribution in [3.8, 4) is 0 Å². The quantitative estimate of drug-likeness (QED) is 0.634. The van der Waals surface area contributed by atoms with Gasteiger partial charge in [-0.2, -0.15) is 10.2 Å². The summed E-state index contributed by atoms with van der Waals surface area (Å²) in [7, 11) is 0. The Bertz CT molecular complexity index is 683. The van der Waals surface area contributed by atoms with Crippen LogP contribution >= 0.6 is 11.6 Å². The molecule has 0 aliphatic rings. The van der Waals surface area contributed by atoms with Crippen molar-refractivity contribution in [2.75, 3.05) is 11.2 Å². The first kappa shape index (κ1) is 15.2. The van der Waals surface area contributed by atoms with Crippen LogP contribution in [0.1, 0.15) is 11.1 Å². The van der Waals surface area contributed by atoms with Gasteiger partial charge in [0.05, 0.1) is 11.4 Å². The van der Waals surface area contributed by atoms with Crippen LogP contribution in [0.15, 0.2) is 52.7 Å². The summed E-state index contributed by atoms with van der Waals surface area (Å²) in [5.41, 5.74) is 4.29. The molecule has 0 aliphatic heterocycles. The van der Waals surface area contributed by atoms with E-state index < -0.39 is 0 Å². The minimum absolute atomic E-state index is 0.0613. The molecule has 0 spiro atoms. The summed E-state index contributed by atoms with van der Waals surface area (Å²) >= 11 is 5.47. The lowest BCUT2D eigenvalue weighted by Crippen LogP contribution is -2.13. The van der Waals surface area contributed by atoms with E-state index in [1.54, 1.807) is 12.1 Å². The van der Waals surface area contributed by atoms with Crippen LogP contribution in [-0.4, -0.2) is 11.8 Å². The van der Waals surface area contributed by atoms with E-state index in [0.717, 1.165) is 28.2 Å². The molecule has 21 heavy (non-hydrogen) atoms. The molecule has 0 fully saturated rings. The highest BCUT2D eigenvalue weighted by Gasteiger charge is 2.04. The molecule has 0 saturated carbocycles. The van der Waals surface area contributed by atoms with Gasteiger partial charge >= 0.3 is 0 Å². The van der Waals surface area contributed by atoms with Crippen LogP contribution in [-0.2, 0) is 4.79 Å². The van der Waals surface area contributed by atoms with Crippen LogP contribution in [0.3, 0.4) is 0 Å². The fraction of sp³-hybridized carbons (Fsp3) is 0.188. The van der Waals surface area contributed by atoms with Crippen LogP contribution < -0.4 is 5.32 Å². The Labute approximate surface area is 128 Å². The molecule has 0 radical (unpaired) electrons. The van der Waals surface area contributed by atoms with Gasteiger partial charge in [-0.05, 0) is 49.2 Å². The third-order valence-corrected chi connectivity index (χ3v) is 3.24. The molecule has 4 nitrogen and oxygen atoms in total. The maximum atomic E-state index is 11.3. The normalized spacial score (nSPS) is 10.8. The topological polar surface area (TPSA) is 53.8 Å². The van der Waals surface area contributed by atoms with Gasteiger partial charge in [0, 0.05) is 5.69 Å². The molecule has 1 amide bonds. The van der Waals surface area contributed by atoms with Crippen LogP contribution in [0.25, 0.3) is 0 Å². The molecule has 0 aliphatic carbocycles. The highest BCUT2D eigenvalue weighted by molar-refractivity contribution is 6.29. The number of amides is 1. The van der Waals surface area contributed by atoms with Crippen molar-refractivity contribution in [1.82, 2.24) is 0 Å². The Kier molecular flexibility index (Phi) is 5.06. The lowest BCUT2D eigenvalue weighted by molar-refractivity contribution is -0.113. The highest BCUT2D eigenvalue weighted by atomic mass is 35.5. The number of anilines is 1. The van der Waals surface area contributed by atoms with Gasteiger partial charge in [-0.25, -0.2) is 0 Å². The molecule has 0 atom stereocenters. The standard InChI is InChI=1S/C16H16ClN3O/c1-11-5-3-4-6-15(11)20-19-13-7-8-14(12(2)9-13)18-16(21)10-17/h3-9H,10H2,1-2H3,(H,18,21). The van der Waals surface area contributed by atoms with Gasteiger partial charge in [-0.3, -0.25) is 4.79 Å². The zero-order valence-electron chi connectivity index (χ0n) is 11.9. The number of halogens is 1. The predicted octanol–water partition coefficient (Wildman–Crippen LogP) is 4.90. The molecule has 0 bridgehead atoms. The lowest BCUT2D eigenvalue weighted by atomic mass is 10.2. The van der Waals surface area contributed by atoms with Crippen molar-refractivity contribution in [1.29, 1.82) is 0 Å². The number of rotatable bonds is 4. The van der Waals surface area contributed by atoms with E-state index >= 15 is 0 Å². The van der Waals surface area contributed by atoms with Gasteiger partial charge in [0.25, 0.3) is 0 Å². The Morgan fingerprint density at radius 1 is 1.10 bits per heavy atom. The number of nitrogens with zero attached hydrogens (tertiary/aromatic N) is 2. The predicted molar refractivity (Wildman–Crippen MR) is 85.9 cm³/mol.